The molecular formula is C32H26Cl4N2O5S. The summed E-state index contributed by atoms with van der Waals surface area (Å²) in [6.07, 6.45) is 1.65. The number of rotatable bonds is 9. The van der Waals surface area contributed by atoms with Crippen molar-refractivity contribution >= 4 is 69.8 Å². The number of thiazole rings is 1. The summed E-state index contributed by atoms with van der Waals surface area (Å²) in [5, 5.41) is 1.57. The van der Waals surface area contributed by atoms with Crippen LogP contribution in [0.5, 0.6) is 11.5 Å². The van der Waals surface area contributed by atoms with Gasteiger partial charge in [-0.3, -0.25) is 9.36 Å². The molecule has 0 N–H and O–H groups in total. The topological polar surface area (TPSA) is 79.1 Å². The summed E-state index contributed by atoms with van der Waals surface area (Å²) < 4.78 is 18.9. The van der Waals surface area contributed by atoms with E-state index in [9.17, 15) is 9.59 Å². The molecule has 0 amide bonds. The third-order valence-corrected chi connectivity index (χ3v) is 8.80. The lowest BCUT2D eigenvalue weighted by Gasteiger charge is -2.24. The number of hydrogen-bond acceptors (Lipinski definition) is 7. The first-order valence-corrected chi connectivity index (χ1v) is 15.9. The molecule has 0 saturated heterocycles. The fourth-order valence-electron chi connectivity index (χ4n) is 4.79. The summed E-state index contributed by atoms with van der Waals surface area (Å²) in [4.78, 5) is 32.3. The molecule has 5 rings (SSSR count). The highest BCUT2D eigenvalue weighted by molar-refractivity contribution is 7.07. The Morgan fingerprint density at radius 1 is 0.955 bits per heavy atom. The highest BCUT2D eigenvalue weighted by Gasteiger charge is 2.33. The number of hydrogen-bond donors (Lipinski definition) is 0. The molecule has 1 aliphatic rings. The number of aromatic nitrogens is 1. The molecule has 1 aromatic heterocycles. The summed E-state index contributed by atoms with van der Waals surface area (Å²) in [5.74, 6) is 0.451. The summed E-state index contributed by atoms with van der Waals surface area (Å²) in [6.45, 7) is 6.14. The number of ether oxygens (including phenoxy) is 3. The van der Waals surface area contributed by atoms with E-state index in [1.807, 2.05) is 19.1 Å². The molecule has 0 saturated carbocycles. The first-order valence-electron chi connectivity index (χ1n) is 13.6. The zero-order valence-corrected chi connectivity index (χ0v) is 27.7. The van der Waals surface area contributed by atoms with Crippen molar-refractivity contribution in [3.05, 3.63) is 122 Å². The summed E-state index contributed by atoms with van der Waals surface area (Å²) in [6, 6.07) is 14.8. The van der Waals surface area contributed by atoms with Crippen LogP contribution in [0.4, 0.5) is 0 Å². The molecule has 1 aliphatic heterocycles. The van der Waals surface area contributed by atoms with E-state index in [0.717, 1.165) is 0 Å². The minimum atomic E-state index is -0.770. The lowest BCUT2D eigenvalue weighted by molar-refractivity contribution is -0.139. The molecule has 228 valence electrons. The molecule has 0 spiro atoms. The maximum Gasteiger partial charge on any atom is 0.338 e. The van der Waals surface area contributed by atoms with Gasteiger partial charge in [-0.05, 0) is 68.8 Å². The summed E-state index contributed by atoms with van der Waals surface area (Å²) >= 11 is 26.5. The Labute approximate surface area is 277 Å². The van der Waals surface area contributed by atoms with E-state index < -0.39 is 12.0 Å². The fourth-order valence-corrected chi connectivity index (χ4v) is 6.85. The van der Waals surface area contributed by atoms with Crippen LogP contribution in [0.1, 0.15) is 43.5 Å². The van der Waals surface area contributed by atoms with Crippen LogP contribution in [0.15, 0.2) is 75.7 Å². The van der Waals surface area contributed by atoms with Gasteiger partial charge in [0.15, 0.2) is 4.80 Å². The van der Waals surface area contributed by atoms with Crippen LogP contribution in [-0.4, -0.2) is 23.8 Å². The van der Waals surface area contributed by atoms with E-state index in [-0.39, 0.29) is 29.4 Å². The number of carbonyl (C=O) groups excluding carboxylic acids is 1. The Morgan fingerprint density at radius 2 is 1.68 bits per heavy atom. The molecule has 1 atom stereocenters. The maximum atomic E-state index is 14.1. The van der Waals surface area contributed by atoms with Crippen LogP contribution < -0.4 is 24.4 Å². The molecule has 0 bridgehead atoms. The molecule has 44 heavy (non-hydrogen) atoms. The molecule has 7 nitrogen and oxygen atoms in total. The van der Waals surface area contributed by atoms with Crippen molar-refractivity contribution in [3.8, 4) is 11.5 Å². The highest BCUT2D eigenvalue weighted by Crippen LogP contribution is 2.35. The van der Waals surface area contributed by atoms with Crippen LogP contribution >= 0.6 is 57.7 Å². The molecule has 0 radical (unpaired) electrons. The highest BCUT2D eigenvalue weighted by atomic mass is 35.5. The van der Waals surface area contributed by atoms with Gasteiger partial charge in [-0.2, -0.15) is 0 Å². The number of halogens is 4. The van der Waals surface area contributed by atoms with Crippen LogP contribution in [0.2, 0.25) is 20.1 Å². The second-order valence-corrected chi connectivity index (χ2v) is 12.3. The lowest BCUT2D eigenvalue weighted by atomic mass is 9.96. The van der Waals surface area contributed by atoms with Crippen molar-refractivity contribution < 1.29 is 19.0 Å². The van der Waals surface area contributed by atoms with Crippen molar-refractivity contribution in [1.82, 2.24) is 4.57 Å². The number of fused-ring (bicyclic) bond motifs is 1. The van der Waals surface area contributed by atoms with E-state index in [4.69, 9.17) is 60.6 Å². The van der Waals surface area contributed by atoms with E-state index in [1.165, 1.54) is 15.9 Å². The predicted octanol–water partition coefficient (Wildman–Crippen LogP) is 7.39. The Hall–Kier alpha value is -3.27. The zero-order valence-electron chi connectivity index (χ0n) is 23.8. The third-order valence-electron chi connectivity index (χ3n) is 6.73. The molecule has 0 unspecified atom stereocenters. The first-order chi connectivity index (χ1) is 21.1. The molecule has 3 aromatic carbocycles. The van der Waals surface area contributed by atoms with Gasteiger partial charge in [0.1, 0.15) is 18.1 Å². The Bertz CT molecular complexity index is 1950. The quantitative estimate of drug-likeness (QED) is 0.171. The minimum absolute atomic E-state index is 0.0965. The molecule has 2 heterocycles. The predicted molar refractivity (Wildman–Crippen MR) is 175 cm³/mol. The van der Waals surface area contributed by atoms with Gasteiger partial charge in [0.25, 0.3) is 5.56 Å². The van der Waals surface area contributed by atoms with Gasteiger partial charge in [-0.15, -0.1) is 0 Å². The lowest BCUT2D eigenvalue weighted by Crippen LogP contribution is -2.39. The molecular weight excluding hydrogens is 666 g/mol. The molecule has 0 aliphatic carbocycles. The number of esters is 1. The second-order valence-electron chi connectivity index (χ2n) is 9.63. The largest absolute Gasteiger partial charge is 0.494 e. The van der Waals surface area contributed by atoms with Gasteiger partial charge >= 0.3 is 5.97 Å². The second kappa shape index (κ2) is 13.8. The van der Waals surface area contributed by atoms with Crippen LogP contribution in [0.3, 0.4) is 0 Å². The normalized spacial score (nSPS) is 14.7. The third kappa shape index (κ3) is 6.70. The van der Waals surface area contributed by atoms with Crippen molar-refractivity contribution in [2.75, 3.05) is 13.2 Å². The van der Waals surface area contributed by atoms with Crippen molar-refractivity contribution in [2.24, 2.45) is 4.99 Å². The number of nitrogens with zero attached hydrogens (tertiary/aromatic N) is 2. The summed E-state index contributed by atoms with van der Waals surface area (Å²) in [5.41, 5.74) is 2.27. The van der Waals surface area contributed by atoms with Gasteiger partial charge in [0, 0.05) is 26.2 Å². The van der Waals surface area contributed by atoms with Crippen molar-refractivity contribution in [3.63, 3.8) is 0 Å². The average molecular weight is 692 g/mol. The Morgan fingerprint density at radius 3 is 2.36 bits per heavy atom. The number of carbonyl (C=O) groups is 1. The standard InChI is InChI=1S/C32H26Cl4N2O5S/c1-4-41-23-10-7-18(8-11-23)28-27(31(40)42-5-2)17(3)37-32-38(28)30(39)26(44-32)13-20-12-22(34)15-25(36)29(20)43-16-19-6-9-21(33)14-24(19)35/h6-15,28H,4-5,16H2,1-3H3/b26-13-/t28-/m0/s1. The van der Waals surface area contributed by atoms with Crippen LogP contribution in [0, 0.1) is 0 Å². The smallest absolute Gasteiger partial charge is 0.338 e. The Balaban J connectivity index is 1.63. The van der Waals surface area contributed by atoms with Crippen molar-refractivity contribution in [2.45, 2.75) is 33.4 Å². The minimum Gasteiger partial charge on any atom is -0.494 e. The monoisotopic (exact) mass is 690 g/mol. The fraction of sp³-hybridized carbons (Fsp3) is 0.219. The summed E-state index contributed by atoms with van der Waals surface area (Å²) in [7, 11) is 0. The molecule has 4 aromatic rings. The number of allylic oxidation sites excluding steroid dienone is 1. The van der Waals surface area contributed by atoms with Gasteiger partial charge in [-0.1, -0.05) is 75.9 Å². The van der Waals surface area contributed by atoms with Gasteiger partial charge < -0.3 is 14.2 Å². The van der Waals surface area contributed by atoms with Gasteiger partial charge in [-0.25, -0.2) is 9.79 Å². The van der Waals surface area contributed by atoms with E-state index in [2.05, 4.69) is 4.99 Å². The SMILES string of the molecule is CCOC(=O)C1=C(C)N=c2s/c(=C\c3cc(Cl)cc(Cl)c3OCc3ccc(Cl)cc3Cl)c(=O)n2[C@H]1c1ccc(OCC)cc1. The van der Waals surface area contributed by atoms with Crippen LogP contribution in [0.25, 0.3) is 6.08 Å². The van der Waals surface area contributed by atoms with Crippen LogP contribution in [-0.2, 0) is 16.1 Å². The van der Waals surface area contributed by atoms with Gasteiger partial charge in [0.05, 0.1) is 40.1 Å². The Kier molecular flexibility index (Phi) is 10.1. The number of benzene rings is 3. The zero-order chi connectivity index (χ0) is 31.5. The maximum absolute atomic E-state index is 14.1. The van der Waals surface area contributed by atoms with Gasteiger partial charge in [0.2, 0.25) is 0 Å². The van der Waals surface area contributed by atoms with E-state index in [0.29, 0.717) is 64.9 Å². The average Bonchev–Trinajstić information content (AvgIpc) is 3.27. The molecule has 0 fully saturated rings. The first kappa shape index (κ1) is 32.1. The van der Waals surface area contributed by atoms with E-state index in [1.54, 1.807) is 62.4 Å². The van der Waals surface area contributed by atoms with E-state index >= 15 is 0 Å². The molecule has 12 heteroatoms. The van der Waals surface area contributed by atoms with Crippen molar-refractivity contribution in [1.29, 1.82) is 0 Å².